The molecular weight excluding hydrogens is 508 g/mol. The third-order valence-corrected chi connectivity index (χ3v) is 8.19. The number of non-ortho nitro benzene ring substituents is 1. The molecule has 1 aromatic heterocycles. The number of hydrogen-bond donors (Lipinski definition) is 2. The first-order chi connectivity index (χ1) is 19.2. The van der Waals surface area contributed by atoms with E-state index in [0.717, 1.165) is 37.8 Å². The minimum absolute atomic E-state index is 0.0368. The number of nitro benzene ring substituents is 1. The Labute approximate surface area is 236 Å². The van der Waals surface area contributed by atoms with Crippen molar-refractivity contribution in [3.8, 4) is 0 Å². The van der Waals surface area contributed by atoms with Gasteiger partial charge in [0.05, 0.1) is 10.5 Å². The Hall–Kier alpha value is -3.37. The predicted octanol–water partition coefficient (Wildman–Crippen LogP) is 3.61. The molecule has 1 aliphatic carbocycles. The minimum Gasteiger partial charge on any atom is -0.354 e. The van der Waals surface area contributed by atoms with Crippen LogP contribution >= 0.6 is 0 Å². The van der Waals surface area contributed by atoms with E-state index in [9.17, 15) is 19.7 Å². The lowest BCUT2D eigenvalue weighted by molar-refractivity contribution is -0.384. The molecule has 0 spiro atoms. The number of carbonyl (C=O) groups excluding carboxylic acids is 2. The van der Waals surface area contributed by atoms with E-state index in [0.29, 0.717) is 55.9 Å². The van der Waals surface area contributed by atoms with E-state index in [-0.39, 0.29) is 23.5 Å². The van der Waals surface area contributed by atoms with Gasteiger partial charge in [-0.05, 0) is 67.7 Å². The largest absolute Gasteiger partial charge is 0.354 e. The maximum Gasteiger partial charge on any atom is 0.269 e. The normalized spacial score (nSPS) is 23.0. The molecule has 2 heterocycles. The SMILES string of the molecule is CC(C)CN(Cc1ccc([N+](=O)[O-])cc1)C1CC(C(=O)NCC2CCCC(CN)C2)N(C(=O)c2cccnc2)C1. The monoisotopic (exact) mass is 550 g/mol. The number of benzene rings is 1. The summed E-state index contributed by atoms with van der Waals surface area (Å²) < 4.78 is 0. The zero-order valence-corrected chi connectivity index (χ0v) is 23.6. The molecule has 1 saturated carbocycles. The molecule has 2 aromatic rings. The third-order valence-electron chi connectivity index (χ3n) is 8.19. The van der Waals surface area contributed by atoms with Gasteiger partial charge < -0.3 is 16.0 Å². The summed E-state index contributed by atoms with van der Waals surface area (Å²) in [4.78, 5) is 46.0. The highest BCUT2D eigenvalue weighted by molar-refractivity contribution is 5.97. The van der Waals surface area contributed by atoms with Crippen molar-refractivity contribution >= 4 is 17.5 Å². The topological polar surface area (TPSA) is 135 Å². The predicted molar refractivity (Wildman–Crippen MR) is 153 cm³/mol. The van der Waals surface area contributed by atoms with Gasteiger partial charge in [0, 0.05) is 56.7 Å². The van der Waals surface area contributed by atoms with E-state index in [1.54, 1.807) is 41.6 Å². The van der Waals surface area contributed by atoms with E-state index in [1.165, 1.54) is 12.1 Å². The van der Waals surface area contributed by atoms with Crippen LogP contribution in [0.4, 0.5) is 5.69 Å². The second kappa shape index (κ2) is 13.8. The fourth-order valence-electron chi connectivity index (χ4n) is 6.14. The molecule has 216 valence electrons. The van der Waals surface area contributed by atoms with Gasteiger partial charge >= 0.3 is 0 Å². The first-order valence-electron chi connectivity index (χ1n) is 14.4. The van der Waals surface area contributed by atoms with Crippen LogP contribution in [0.15, 0.2) is 48.8 Å². The summed E-state index contributed by atoms with van der Waals surface area (Å²) in [7, 11) is 0. The van der Waals surface area contributed by atoms with Gasteiger partial charge in [0.2, 0.25) is 5.91 Å². The summed E-state index contributed by atoms with van der Waals surface area (Å²) >= 11 is 0. The van der Waals surface area contributed by atoms with Crippen LogP contribution in [0.1, 0.15) is 61.9 Å². The summed E-state index contributed by atoms with van der Waals surface area (Å²) in [6.07, 6.45) is 8.09. The molecule has 4 rings (SSSR count). The molecule has 4 atom stereocenters. The number of nitrogens with two attached hydrogens (primary N) is 1. The Morgan fingerprint density at radius 2 is 1.93 bits per heavy atom. The lowest BCUT2D eigenvalue weighted by Gasteiger charge is -2.30. The van der Waals surface area contributed by atoms with E-state index >= 15 is 0 Å². The van der Waals surface area contributed by atoms with Crippen molar-refractivity contribution in [2.24, 2.45) is 23.5 Å². The molecule has 40 heavy (non-hydrogen) atoms. The Morgan fingerprint density at radius 1 is 1.18 bits per heavy atom. The molecule has 2 fully saturated rings. The van der Waals surface area contributed by atoms with E-state index < -0.39 is 11.0 Å². The van der Waals surface area contributed by atoms with E-state index in [1.807, 2.05) is 0 Å². The molecule has 10 nitrogen and oxygen atoms in total. The van der Waals surface area contributed by atoms with Gasteiger partial charge in [-0.1, -0.05) is 32.4 Å². The molecule has 2 amide bonds. The summed E-state index contributed by atoms with van der Waals surface area (Å²) in [6, 6.07) is 9.44. The number of aromatic nitrogens is 1. The Kier molecular flexibility index (Phi) is 10.2. The van der Waals surface area contributed by atoms with Gasteiger partial charge in [-0.3, -0.25) is 29.6 Å². The van der Waals surface area contributed by atoms with Crippen LogP contribution in [0.3, 0.4) is 0 Å². The third kappa shape index (κ3) is 7.63. The number of rotatable bonds is 11. The number of likely N-dealkylation sites (tertiary alicyclic amines) is 1. The number of pyridine rings is 1. The first-order valence-corrected chi connectivity index (χ1v) is 14.4. The van der Waals surface area contributed by atoms with Crippen molar-refractivity contribution in [1.29, 1.82) is 0 Å². The van der Waals surface area contributed by atoms with Gasteiger partial charge in [0.1, 0.15) is 6.04 Å². The van der Waals surface area contributed by atoms with Crippen molar-refractivity contribution in [1.82, 2.24) is 20.1 Å². The zero-order chi connectivity index (χ0) is 28.6. The molecular formula is C30H42N6O4. The second-order valence-electron chi connectivity index (χ2n) is 11.7. The van der Waals surface area contributed by atoms with Crippen molar-refractivity contribution in [2.45, 2.75) is 64.6 Å². The highest BCUT2D eigenvalue weighted by Gasteiger charge is 2.42. The van der Waals surface area contributed by atoms with Gasteiger partial charge in [0.25, 0.3) is 11.6 Å². The second-order valence-corrected chi connectivity index (χ2v) is 11.7. The summed E-state index contributed by atoms with van der Waals surface area (Å²) in [5.41, 5.74) is 7.38. The lowest BCUT2D eigenvalue weighted by atomic mass is 9.81. The maximum absolute atomic E-state index is 13.6. The number of nitrogens with one attached hydrogen (secondary N) is 1. The molecule has 1 saturated heterocycles. The van der Waals surface area contributed by atoms with Crippen LogP contribution in [0.5, 0.6) is 0 Å². The number of amides is 2. The fourth-order valence-corrected chi connectivity index (χ4v) is 6.14. The molecule has 1 aromatic carbocycles. The Morgan fingerprint density at radius 3 is 2.58 bits per heavy atom. The summed E-state index contributed by atoms with van der Waals surface area (Å²) in [6.45, 7) is 7.33. The van der Waals surface area contributed by atoms with Crippen LogP contribution in [-0.4, -0.2) is 69.8 Å². The average Bonchev–Trinajstić information content (AvgIpc) is 3.41. The maximum atomic E-state index is 13.6. The molecule has 0 radical (unpaired) electrons. The van der Waals surface area contributed by atoms with Gasteiger partial charge in [-0.2, -0.15) is 0 Å². The van der Waals surface area contributed by atoms with Crippen LogP contribution in [0.25, 0.3) is 0 Å². The average molecular weight is 551 g/mol. The Balaban J connectivity index is 1.51. The van der Waals surface area contributed by atoms with Crippen molar-refractivity contribution in [2.75, 3.05) is 26.2 Å². The molecule has 4 unspecified atom stereocenters. The number of nitrogens with zero attached hydrogens (tertiary/aromatic N) is 4. The summed E-state index contributed by atoms with van der Waals surface area (Å²) in [5.74, 6) is 0.964. The van der Waals surface area contributed by atoms with Crippen molar-refractivity contribution < 1.29 is 14.5 Å². The highest BCUT2D eigenvalue weighted by Crippen LogP contribution is 2.29. The molecule has 3 N–H and O–H groups in total. The van der Waals surface area contributed by atoms with Gasteiger partial charge in [-0.25, -0.2) is 0 Å². The van der Waals surface area contributed by atoms with Gasteiger partial charge in [0.15, 0.2) is 0 Å². The highest BCUT2D eigenvalue weighted by atomic mass is 16.6. The van der Waals surface area contributed by atoms with E-state index in [4.69, 9.17) is 5.73 Å². The first kappa shape index (κ1) is 29.6. The molecule has 10 heteroatoms. The molecule has 0 bridgehead atoms. The zero-order valence-electron chi connectivity index (χ0n) is 23.6. The molecule has 2 aliphatic rings. The van der Waals surface area contributed by atoms with Crippen LogP contribution in [0.2, 0.25) is 0 Å². The molecule has 1 aliphatic heterocycles. The smallest absolute Gasteiger partial charge is 0.269 e. The number of hydrogen-bond acceptors (Lipinski definition) is 7. The number of carbonyl (C=O) groups is 2. The minimum atomic E-state index is -0.585. The standard InChI is InChI=1S/C30H42N6O4/c1-21(2)18-34(19-22-8-10-26(11-9-22)36(39)40)27-14-28(35(20-27)30(38)25-7-4-12-32-17-25)29(37)33-16-24-6-3-5-23(13-24)15-31/h4,7-12,17,21,23-24,27-28H,3,5-6,13-16,18-20,31H2,1-2H3,(H,33,37). The van der Waals surface area contributed by atoms with Gasteiger partial charge in [-0.15, -0.1) is 0 Å². The van der Waals surface area contributed by atoms with E-state index in [2.05, 4.69) is 29.0 Å². The number of nitro groups is 1. The van der Waals surface area contributed by atoms with Crippen LogP contribution in [0, 0.1) is 27.9 Å². The van der Waals surface area contributed by atoms with Crippen molar-refractivity contribution in [3.05, 3.63) is 70.0 Å². The lowest BCUT2D eigenvalue weighted by Crippen LogP contribution is -2.47. The quantitative estimate of drug-likeness (QED) is 0.322. The van der Waals surface area contributed by atoms with Crippen molar-refractivity contribution in [3.63, 3.8) is 0 Å². The van der Waals surface area contributed by atoms with Crippen LogP contribution in [-0.2, 0) is 11.3 Å². The fraction of sp³-hybridized carbons (Fsp3) is 0.567. The summed E-state index contributed by atoms with van der Waals surface area (Å²) in [5, 5.41) is 14.3. The Bertz CT molecular complexity index is 1140. The van der Waals surface area contributed by atoms with Crippen LogP contribution < -0.4 is 11.1 Å².